The minimum Gasteiger partial charge on any atom is -0.497 e. The molecule has 0 aliphatic heterocycles. The van der Waals surface area contributed by atoms with Crippen molar-refractivity contribution in [3.63, 3.8) is 0 Å². The van der Waals surface area contributed by atoms with Gasteiger partial charge in [-0.15, -0.1) is 0 Å². The third kappa shape index (κ3) is 5.44. The maximum Gasteiger partial charge on any atom is 0.119 e. The van der Waals surface area contributed by atoms with Crippen LogP contribution in [0.1, 0.15) is 51.0 Å². The highest BCUT2D eigenvalue weighted by atomic mass is 16.5. The fourth-order valence-corrected chi connectivity index (χ4v) is 2.09. The first-order chi connectivity index (χ1) is 8.77. The van der Waals surface area contributed by atoms with Crippen LogP contribution in [0, 0.1) is 6.92 Å². The van der Waals surface area contributed by atoms with Gasteiger partial charge in [0.15, 0.2) is 0 Å². The molecule has 0 spiro atoms. The number of hydrogen-bond acceptors (Lipinski definition) is 2. The highest BCUT2D eigenvalue weighted by Crippen LogP contribution is 2.21. The molecule has 1 N–H and O–H groups in total. The third-order valence-corrected chi connectivity index (χ3v) is 3.28. The summed E-state index contributed by atoms with van der Waals surface area (Å²) in [5.41, 5.74) is 2.48. The van der Waals surface area contributed by atoms with Crippen LogP contribution in [-0.2, 0) is 0 Å². The molecule has 0 unspecified atom stereocenters. The fraction of sp³-hybridized carbons (Fsp3) is 0.625. The van der Waals surface area contributed by atoms with Gasteiger partial charge in [-0.3, -0.25) is 0 Å². The Morgan fingerprint density at radius 2 is 1.78 bits per heavy atom. The summed E-state index contributed by atoms with van der Waals surface area (Å²) in [6.45, 7) is 5.44. The first-order valence-corrected chi connectivity index (χ1v) is 7.16. The number of ether oxygens (including phenoxy) is 1. The van der Waals surface area contributed by atoms with Crippen LogP contribution < -0.4 is 10.1 Å². The average Bonchev–Trinajstić information content (AvgIpc) is 2.39. The van der Waals surface area contributed by atoms with Gasteiger partial charge in [0, 0.05) is 12.2 Å². The summed E-state index contributed by atoms with van der Waals surface area (Å²) in [6, 6.07) is 6.19. The lowest BCUT2D eigenvalue weighted by molar-refractivity contribution is 0.414. The van der Waals surface area contributed by atoms with E-state index in [2.05, 4.69) is 31.3 Å². The summed E-state index contributed by atoms with van der Waals surface area (Å²) in [7, 11) is 1.71. The minimum absolute atomic E-state index is 0.928. The van der Waals surface area contributed by atoms with Crippen molar-refractivity contribution in [3.05, 3.63) is 23.8 Å². The molecule has 2 nitrogen and oxygen atoms in total. The summed E-state index contributed by atoms with van der Waals surface area (Å²) < 4.78 is 5.20. The highest BCUT2D eigenvalue weighted by Gasteiger charge is 1.99. The van der Waals surface area contributed by atoms with Gasteiger partial charge in [-0.05, 0) is 37.1 Å². The predicted octanol–water partition coefficient (Wildman–Crippen LogP) is 4.78. The largest absolute Gasteiger partial charge is 0.497 e. The summed E-state index contributed by atoms with van der Waals surface area (Å²) in [5, 5.41) is 3.50. The minimum atomic E-state index is 0.928. The number of anilines is 1. The molecule has 0 saturated heterocycles. The Bertz CT molecular complexity index is 336. The average molecular weight is 249 g/mol. The maximum absolute atomic E-state index is 5.20. The van der Waals surface area contributed by atoms with Crippen LogP contribution in [0.5, 0.6) is 5.75 Å². The van der Waals surface area contributed by atoms with Gasteiger partial charge >= 0.3 is 0 Å². The van der Waals surface area contributed by atoms with Crippen LogP contribution in [0.4, 0.5) is 5.69 Å². The second kappa shape index (κ2) is 8.84. The summed E-state index contributed by atoms with van der Waals surface area (Å²) in [5.74, 6) is 0.928. The van der Waals surface area contributed by atoms with Crippen molar-refractivity contribution in [1.82, 2.24) is 0 Å². The number of benzene rings is 1. The Morgan fingerprint density at radius 3 is 2.44 bits per heavy atom. The van der Waals surface area contributed by atoms with Crippen molar-refractivity contribution in [2.75, 3.05) is 19.0 Å². The summed E-state index contributed by atoms with van der Waals surface area (Å²) in [6.07, 6.45) is 8.06. The third-order valence-electron chi connectivity index (χ3n) is 3.28. The standard InChI is InChI=1S/C16H27NO/c1-4-5-6-7-8-9-12-17-16-11-10-15(18-3)13-14(16)2/h10-11,13,17H,4-9,12H2,1-3H3. The van der Waals surface area contributed by atoms with Crippen LogP contribution in [0.2, 0.25) is 0 Å². The SMILES string of the molecule is CCCCCCCCNc1ccc(OC)cc1C. The van der Waals surface area contributed by atoms with Crippen molar-refractivity contribution < 1.29 is 4.74 Å². The Labute approximate surface area is 112 Å². The zero-order valence-electron chi connectivity index (χ0n) is 12.1. The van der Waals surface area contributed by atoms with Gasteiger partial charge < -0.3 is 10.1 Å². The molecule has 0 bridgehead atoms. The maximum atomic E-state index is 5.20. The molecular formula is C16H27NO. The fourth-order valence-electron chi connectivity index (χ4n) is 2.09. The van der Waals surface area contributed by atoms with E-state index in [0.29, 0.717) is 0 Å². The number of unbranched alkanes of at least 4 members (excludes halogenated alkanes) is 5. The molecule has 0 aromatic heterocycles. The molecule has 18 heavy (non-hydrogen) atoms. The van der Waals surface area contributed by atoms with Crippen molar-refractivity contribution in [2.24, 2.45) is 0 Å². The van der Waals surface area contributed by atoms with Crippen LogP contribution >= 0.6 is 0 Å². The van der Waals surface area contributed by atoms with Crippen LogP contribution in [-0.4, -0.2) is 13.7 Å². The van der Waals surface area contributed by atoms with Gasteiger partial charge in [-0.1, -0.05) is 39.0 Å². The van der Waals surface area contributed by atoms with E-state index in [1.165, 1.54) is 49.8 Å². The molecule has 0 aliphatic carbocycles. The molecule has 2 heteroatoms. The molecule has 1 rings (SSSR count). The van der Waals surface area contributed by atoms with Gasteiger partial charge in [0.05, 0.1) is 7.11 Å². The Balaban J connectivity index is 2.19. The molecule has 0 fully saturated rings. The zero-order valence-corrected chi connectivity index (χ0v) is 12.1. The van der Waals surface area contributed by atoms with Gasteiger partial charge in [-0.2, -0.15) is 0 Å². The summed E-state index contributed by atoms with van der Waals surface area (Å²) >= 11 is 0. The van der Waals surface area contributed by atoms with E-state index in [-0.39, 0.29) is 0 Å². The van der Waals surface area contributed by atoms with Crippen LogP contribution in [0.25, 0.3) is 0 Å². The van der Waals surface area contributed by atoms with E-state index in [4.69, 9.17) is 4.74 Å². The molecule has 0 heterocycles. The van der Waals surface area contributed by atoms with Gasteiger partial charge in [-0.25, -0.2) is 0 Å². The second-order valence-electron chi connectivity index (χ2n) is 4.88. The molecule has 0 atom stereocenters. The number of rotatable bonds is 9. The van der Waals surface area contributed by atoms with Crippen molar-refractivity contribution in [3.8, 4) is 5.75 Å². The molecular weight excluding hydrogens is 222 g/mol. The smallest absolute Gasteiger partial charge is 0.119 e. The molecule has 1 aromatic rings. The number of nitrogens with one attached hydrogen (secondary N) is 1. The summed E-state index contributed by atoms with van der Waals surface area (Å²) in [4.78, 5) is 0. The quantitative estimate of drug-likeness (QED) is 0.636. The second-order valence-corrected chi connectivity index (χ2v) is 4.88. The van der Waals surface area contributed by atoms with Crippen LogP contribution in [0.15, 0.2) is 18.2 Å². The van der Waals surface area contributed by atoms with E-state index in [9.17, 15) is 0 Å². The van der Waals surface area contributed by atoms with Crippen LogP contribution in [0.3, 0.4) is 0 Å². The van der Waals surface area contributed by atoms with E-state index >= 15 is 0 Å². The Morgan fingerprint density at radius 1 is 1.06 bits per heavy atom. The van der Waals surface area contributed by atoms with E-state index in [1.54, 1.807) is 7.11 Å². The molecule has 0 radical (unpaired) electrons. The van der Waals surface area contributed by atoms with Gasteiger partial charge in [0.2, 0.25) is 0 Å². The highest BCUT2D eigenvalue weighted by molar-refractivity contribution is 5.53. The zero-order chi connectivity index (χ0) is 13.2. The number of methoxy groups -OCH3 is 1. The first-order valence-electron chi connectivity index (χ1n) is 7.16. The van der Waals surface area contributed by atoms with Crippen molar-refractivity contribution in [2.45, 2.75) is 52.4 Å². The monoisotopic (exact) mass is 249 g/mol. The molecule has 1 aromatic carbocycles. The van der Waals surface area contributed by atoms with Gasteiger partial charge in [0.1, 0.15) is 5.75 Å². The Kier molecular flexibility index (Phi) is 7.31. The predicted molar refractivity (Wildman–Crippen MR) is 79.6 cm³/mol. The van der Waals surface area contributed by atoms with Gasteiger partial charge in [0.25, 0.3) is 0 Å². The molecule has 0 amide bonds. The number of hydrogen-bond donors (Lipinski definition) is 1. The van der Waals surface area contributed by atoms with E-state index in [1.807, 2.05) is 6.07 Å². The lowest BCUT2D eigenvalue weighted by atomic mass is 10.1. The Hall–Kier alpha value is -1.18. The number of aryl methyl sites for hydroxylation is 1. The topological polar surface area (TPSA) is 21.3 Å². The van der Waals surface area contributed by atoms with E-state index < -0.39 is 0 Å². The lowest BCUT2D eigenvalue weighted by Gasteiger charge is -2.10. The normalized spacial score (nSPS) is 10.4. The molecule has 102 valence electrons. The van der Waals surface area contributed by atoms with Crippen molar-refractivity contribution in [1.29, 1.82) is 0 Å². The molecule has 0 saturated carbocycles. The first kappa shape index (κ1) is 14.9. The molecule has 0 aliphatic rings. The van der Waals surface area contributed by atoms with Crippen molar-refractivity contribution >= 4 is 5.69 Å². The van der Waals surface area contributed by atoms with E-state index in [0.717, 1.165) is 12.3 Å². The lowest BCUT2D eigenvalue weighted by Crippen LogP contribution is -2.03.